The Hall–Kier alpha value is -2.93. The molecule has 2 fully saturated rings. The number of nitrogens with zero attached hydrogens (tertiary/aromatic N) is 2. The first-order chi connectivity index (χ1) is 13.6. The topological polar surface area (TPSA) is 63.0 Å². The number of fused-ring (bicyclic) bond motifs is 1. The second kappa shape index (κ2) is 7.59. The number of allylic oxidation sites excluding steroid dienone is 1. The summed E-state index contributed by atoms with van der Waals surface area (Å²) in [7, 11) is 0. The Labute approximate surface area is 165 Å². The van der Waals surface area contributed by atoms with E-state index in [0.717, 1.165) is 23.2 Å². The number of carbonyl (C=O) groups excluding carboxylic acids is 1. The van der Waals surface area contributed by atoms with Gasteiger partial charge in [-0.05, 0) is 42.4 Å². The Balaban J connectivity index is 1.54. The Bertz CT molecular complexity index is 942. The van der Waals surface area contributed by atoms with Crippen molar-refractivity contribution in [2.75, 3.05) is 0 Å². The lowest BCUT2D eigenvalue weighted by atomic mass is 9.66. The molecule has 0 spiro atoms. The summed E-state index contributed by atoms with van der Waals surface area (Å²) < 4.78 is 5.54. The molecular weight excluding hydrogens is 348 g/mol. The van der Waals surface area contributed by atoms with Crippen molar-refractivity contribution in [3.8, 4) is 17.2 Å². The first kappa shape index (κ1) is 18.4. The quantitative estimate of drug-likeness (QED) is 0.722. The maximum Gasteiger partial charge on any atom is 0.306 e. The Kier molecular flexibility index (Phi) is 5.00. The number of carbonyl (C=O) groups is 1. The van der Waals surface area contributed by atoms with E-state index in [0.29, 0.717) is 29.7 Å². The maximum atomic E-state index is 11.8. The van der Waals surface area contributed by atoms with Gasteiger partial charge in [0.05, 0.1) is 23.7 Å². The van der Waals surface area contributed by atoms with Crippen LogP contribution in [0, 0.1) is 35.0 Å². The minimum absolute atomic E-state index is 0.0613. The molecular formula is C24H24N2O2. The van der Waals surface area contributed by atoms with E-state index in [2.05, 4.69) is 37.1 Å². The molecule has 4 heteroatoms. The van der Waals surface area contributed by atoms with E-state index in [1.807, 2.05) is 42.6 Å². The Morgan fingerprint density at radius 3 is 2.79 bits per heavy atom. The zero-order valence-electron chi connectivity index (χ0n) is 16.2. The summed E-state index contributed by atoms with van der Waals surface area (Å²) in [5.74, 6) is 1.57. The predicted octanol–water partition coefficient (Wildman–Crippen LogP) is 4.86. The van der Waals surface area contributed by atoms with Gasteiger partial charge in [0.15, 0.2) is 0 Å². The van der Waals surface area contributed by atoms with Crippen molar-refractivity contribution < 1.29 is 9.53 Å². The monoisotopic (exact) mass is 372 g/mol. The van der Waals surface area contributed by atoms with Gasteiger partial charge in [0.25, 0.3) is 0 Å². The van der Waals surface area contributed by atoms with Crippen LogP contribution >= 0.6 is 0 Å². The number of ether oxygens (including phenoxy) is 1. The number of esters is 1. The number of rotatable bonds is 3. The highest BCUT2D eigenvalue weighted by atomic mass is 16.5. The lowest BCUT2D eigenvalue weighted by molar-refractivity contribution is -0.142. The Morgan fingerprint density at radius 2 is 2.04 bits per heavy atom. The number of hydrogen-bond acceptors (Lipinski definition) is 4. The summed E-state index contributed by atoms with van der Waals surface area (Å²) in [6, 6.07) is 13.8. The summed E-state index contributed by atoms with van der Waals surface area (Å²) in [5.41, 5.74) is 3.36. The van der Waals surface area contributed by atoms with Crippen LogP contribution in [0.15, 0.2) is 48.7 Å². The molecule has 2 heterocycles. The van der Waals surface area contributed by atoms with E-state index in [4.69, 9.17) is 4.74 Å². The smallest absolute Gasteiger partial charge is 0.306 e. The molecule has 0 N–H and O–H groups in total. The van der Waals surface area contributed by atoms with Gasteiger partial charge in [-0.3, -0.25) is 9.78 Å². The molecule has 0 bridgehead atoms. The van der Waals surface area contributed by atoms with Crippen LogP contribution in [0.25, 0.3) is 17.2 Å². The minimum atomic E-state index is -0.0617. The lowest BCUT2D eigenvalue weighted by Gasteiger charge is -2.39. The second-order valence-corrected chi connectivity index (χ2v) is 8.03. The van der Waals surface area contributed by atoms with Crippen molar-refractivity contribution in [3.63, 3.8) is 0 Å². The molecule has 1 aromatic heterocycles. The van der Waals surface area contributed by atoms with Gasteiger partial charge in [-0.15, -0.1) is 0 Å². The molecule has 142 valence electrons. The zero-order chi connectivity index (χ0) is 19.7. The highest BCUT2D eigenvalue weighted by Gasteiger charge is 2.46. The fraction of sp³-hybridized carbons (Fsp3) is 0.375. The summed E-state index contributed by atoms with van der Waals surface area (Å²) >= 11 is 0. The molecule has 0 amide bonds. The molecule has 1 aromatic carbocycles. The van der Waals surface area contributed by atoms with Gasteiger partial charge in [-0.25, -0.2) is 0 Å². The van der Waals surface area contributed by atoms with E-state index < -0.39 is 0 Å². The van der Waals surface area contributed by atoms with Gasteiger partial charge in [0.2, 0.25) is 0 Å². The van der Waals surface area contributed by atoms with Gasteiger partial charge < -0.3 is 4.74 Å². The molecule has 0 radical (unpaired) electrons. The van der Waals surface area contributed by atoms with Crippen LogP contribution in [-0.2, 0) is 9.53 Å². The second-order valence-electron chi connectivity index (χ2n) is 8.03. The lowest BCUT2D eigenvalue weighted by Crippen LogP contribution is -2.38. The highest BCUT2D eigenvalue weighted by molar-refractivity contribution is 5.72. The third kappa shape index (κ3) is 3.45. The molecule has 0 unspecified atom stereocenters. The number of aromatic nitrogens is 1. The van der Waals surface area contributed by atoms with Gasteiger partial charge >= 0.3 is 5.97 Å². The average Bonchev–Trinajstić information content (AvgIpc) is 3.08. The number of benzene rings is 1. The molecule has 1 aliphatic heterocycles. The average molecular weight is 372 g/mol. The van der Waals surface area contributed by atoms with Crippen LogP contribution < -0.4 is 0 Å². The zero-order valence-corrected chi connectivity index (χ0v) is 16.2. The molecule has 1 saturated heterocycles. The van der Waals surface area contributed by atoms with Gasteiger partial charge in [-0.2, -0.15) is 5.26 Å². The highest BCUT2D eigenvalue weighted by Crippen LogP contribution is 2.45. The van der Waals surface area contributed by atoms with Crippen LogP contribution in [0.1, 0.15) is 37.9 Å². The van der Waals surface area contributed by atoms with E-state index in [-0.39, 0.29) is 18.0 Å². The van der Waals surface area contributed by atoms with Crippen LogP contribution in [0.2, 0.25) is 0 Å². The van der Waals surface area contributed by atoms with Crippen LogP contribution in [0.5, 0.6) is 0 Å². The van der Waals surface area contributed by atoms with E-state index in [1.54, 1.807) is 0 Å². The molecule has 2 aliphatic rings. The third-order valence-electron chi connectivity index (χ3n) is 6.40. The molecule has 28 heavy (non-hydrogen) atoms. The molecule has 1 saturated carbocycles. The SMILES string of the molecule is C[C@H]1[C@H](C=Cc2ccc(-c3ccccc3C#N)cn2)[C@H]2CC(=O)O[C@H]2C[C@@H]1C. The van der Waals surface area contributed by atoms with Crippen LogP contribution in [0.4, 0.5) is 0 Å². The largest absolute Gasteiger partial charge is 0.462 e. The minimum Gasteiger partial charge on any atom is -0.462 e. The van der Waals surface area contributed by atoms with Gasteiger partial charge in [0.1, 0.15) is 6.10 Å². The van der Waals surface area contributed by atoms with Crippen molar-refractivity contribution in [1.82, 2.24) is 4.98 Å². The fourth-order valence-electron chi connectivity index (χ4n) is 4.61. The van der Waals surface area contributed by atoms with Crippen molar-refractivity contribution in [3.05, 3.63) is 59.9 Å². The van der Waals surface area contributed by atoms with Crippen molar-refractivity contribution in [2.24, 2.45) is 23.7 Å². The van der Waals surface area contributed by atoms with Crippen molar-refractivity contribution in [2.45, 2.75) is 32.8 Å². The maximum absolute atomic E-state index is 11.8. The molecule has 4 nitrogen and oxygen atoms in total. The molecule has 4 rings (SSSR count). The fourth-order valence-corrected chi connectivity index (χ4v) is 4.61. The van der Waals surface area contributed by atoms with Gasteiger partial charge in [-0.1, -0.05) is 44.2 Å². The normalized spacial score (nSPS) is 29.3. The van der Waals surface area contributed by atoms with E-state index >= 15 is 0 Å². The first-order valence-corrected chi connectivity index (χ1v) is 9.90. The first-order valence-electron chi connectivity index (χ1n) is 9.90. The molecule has 2 aromatic rings. The third-order valence-corrected chi connectivity index (χ3v) is 6.40. The summed E-state index contributed by atoms with van der Waals surface area (Å²) in [6.07, 6.45) is 7.63. The standard InChI is InChI=1S/C24H24N2O2/c1-15-11-23-22(12-24(27)28-23)20(16(15)2)10-9-19-8-7-18(14-26-19)21-6-4-3-5-17(21)13-25/h3-10,14-16,20,22-23H,11-12H2,1-2H3/t15-,16+,20-,22+,23-/m0/s1. The summed E-state index contributed by atoms with van der Waals surface area (Å²) in [5, 5.41) is 9.29. The van der Waals surface area contributed by atoms with Crippen molar-refractivity contribution >= 4 is 12.0 Å². The van der Waals surface area contributed by atoms with Crippen molar-refractivity contribution in [1.29, 1.82) is 5.26 Å². The van der Waals surface area contributed by atoms with Crippen LogP contribution in [0.3, 0.4) is 0 Å². The summed E-state index contributed by atoms with van der Waals surface area (Å²) in [6.45, 7) is 4.52. The Morgan fingerprint density at radius 1 is 1.21 bits per heavy atom. The van der Waals surface area contributed by atoms with E-state index in [9.17, 15) is 10.1 Å². The summed E-state index contributed by atoms with van der Waals surface area (Å²) in [4.78, 5) is 16.4. The number of pyridine rings is 1. The number of hydrogen-bond donors (Lipinski definition) is 0. The number of nitriles is 1. The predicted molar refractivity (Wildman–Crippen MR) is 108 cm³/mol. The molecule has 1 aliphatic carbocycles. The van der Waals surface area contributed by atoms with E-state index in [1.165, 1.54) is 0 Å². The van der Waals surface area contributed by atoms with Crippen LogP contribution in [-0.4, -0.2) is 17.1 Å². The van der Waals surface area contributed by atoms with Gasteiger partial charge in [0, 0.05) is 23.2 Å². The molecule has 5 atom stereocenters.